The van der Waals surface area contributed by atoms with Gasteiger partial charge in [0.15, 0.2) is 0 Å². The monoisotopic (exact) mass is 457 g/mol. The van der Waals surface area contributed by atoms with Crippen molar-refractivity contribution in [2.24, 2.45) is 0 Å². The second-order valence-electron chi connectivity index (χ2n) is 7.64. The standard InChI is InChI=1S/C23H28ClN5O3/c1-14-9-15(10-18(24)23(14)28-22(31)13-29(2)3)11-20(26)27-21(30)12-19(25)16-5-7-17(32-4)8-6-16/h5-10,25H,11-13H2,1-4H3,(H,28,31)(H2,26,27,30). The van der Waals surface area contributed by atoms with Gasteiger partial charge in [-0.25, -0.2) is 0 Å². The lowest BCUT2D eigenvalue weighted by molar-refractivity contribution is -0.118. The van der Waals surface area contributed by atoms with Crippen LogP contribution in [0.25, 0.3) is 0 Å². The van der Waals surface area contributed by atoms with E-state index in [1.54, 1.807) is 56.4 Å². The molecule has 0 saturated heterocycles. The largest absolute Gasteiger partial charge is 0.497 e. The summed E-state index contributed by atoms with van der Waals surface area (Å²) in [6.45, 7) is 2.05. The third kappa shape index (κ3) is 7.47. The molecule has 2 aromatic rings. The maximum atomic E-state index is 12.3. The number of halogens is 1. The second kappa shape index (κ2) is 11.4. The summed E-state index contributed by atoms with van der Waals surface area (Å²) in [7, 11) is 5.16. The van der Waals surface area contributed by atoms with Crippen LogP contribution in [0, 0.1) is 17.7 Å². The minimum atomic E-state index is -0.439. The van der Waals surface area contributed by atoms with E-state index in [0.717, 1.165) is 11.1 Å². The fraction of sp³-hybridized carbons (Fsp3) is 0.304. The Morgan fingerprint density at radius 1 is 1.09 bits per heavy atom. The van der Waals surface area contributed by atoms with Crippen LogP contribution in [0.5, 0.6) is 5.75 Å². The van der Waals surface area contributed by atoms with Gasteiger partial charge >= 0.3 is 0 Å². The molecule has 0 radical (unpaired) electrons. The zero-order valence-corrected chi connectivity index (χ0v) is 19.4. The molecule has 9 heteroatoms. The summed E-state index contributed by atoms with van der Waals surface area (Å²) in [5.41, 5.74) is 2.79. The number of aryl methyl sites for hydroxylation is 1. The zero-order chi connectivity index (χ0) is 23.8. The molecule has 0 aromatic heterocycles. The number of carbonyl (C=O) groups is 2. The van der Waals surface area contributed by atoms with Gasteiger partial charge in [0.1, 0.15) is 11.6 Å². The molecule has 0 saturated carbocycles. The van der Waals surface area contributed by atoms with E-state index < -0.39 is 5.91 Å². The summed E-state index contributed by atoms with van der Waals surface area (Å²) < 4.78 is 5.09. The van der Waals surface area contributed by atoms with Crippen LogP contribution in [0.15, 0.2) is 36.4 Å². The highest BCUT2D eigenvalue weighted by Gasteiger charge is 2.14. The lowest BCUT2D eigenvalue weighted by atomic mass is 10.1. The molecule has 32 heavy (non-hydrogen) atoms. The number of nitrogens with one attached hydrogen (secondary N) is 4. The minimum absolute atomic E-state index is 0.00242. The van der Waals surface area contributed by atoms with E-state index in [1.807, 2.05) is 13.0 Å². The lowest BCUT2D eigenvalue weighted by Crippen LogP contribution is -2.32. The number of methoxy groups -OCH3 is 1. The number of carbonyl (C=O) groups excluding carboxylic acids is 2. The van der Waals surface area contributed by atoms with Gasteiger partial charge in [0.25, 0.3) is 0 Å². The molecule has 0 bridgehead atoms. The normalized spacial score (nSPS) is 10.6. The highest BCUT2D eigenvalue weighted by Crippen LogP contribution is 2.28. The zero-order valence-electron chi connectivity index (χ0n) is 18.6. The molecule has 0 heterocycles. The van der Waals surface area contributed by atoms with E-state index >= 15 is 0 Å². The van der Waals surface area contributed by atoms with E-state index in [0.29, 0.717) is 22.0 Å². The van der Waals surface area contributed by atoms with E-state index in [9.17, 15) is 9.59 Å². The van der Waals surface area contributed by atoms with Crippen LogP contribution >= 0.6 is 11.6 Å². The summed E-state index contributed by atoms with van der Waals surface area (Å²) in [5.74, 6) is 0.0562. The number of benzene rings is 2. The predicted octanol–water partition coefficient (Wildman–Crippen LogP) is 3.25. The Hall–Kier alpha value is -3.23. The number of ether oxygens (including phenoxy) is 1. The molecule has 4 N–H and O–H groups in total. The van der Waals surface area contributed by atoms with Crippen molar-refractivity contribution < 1.29 is 14.3 Å². The van der Waals surface area contributed by atoms with Crippen molar-refractivity contribution in [1.82, 2.24) is 10.2 Å². The Morgan fingerprint density at radius 2 is 1.75 bits per heavy atom. The smallest absolute Gasteiger partial charge is 0.238 e. The second-order valence-corrected chi connectivity index (χ2v) is 8.05. The molecule has 2 rings (SSSR count). The molecular weight excluding hydrogens is 430 g/mol. The van der Waals surface area contributed by atoms with Crippen LogP contribution in [-0.4, -0.2) is 56.0 Å². The number of rotatable bonds is 9. The number of nitrogens with zero attached hydrogens (tertiary/aromatic N) is 1. The fourth-order valence-electron chi connectivity index (χ4n) is 3.06. The lowest BCUT2D eigenvalue weighted by Gasteiger charge is -2.15. The average Bonchev–Trinajstić information content (AvgIpc) is 2.70. The Kier molecular flexibility index (Phi) is 8.92. The van der Waals surface area contributed by atoms with Gasteiger partial charge in [0, 0.05) is 12.1 Å². The highest BCUT2D eigenvalue weighted by molar-refractivity contribution is 6.34. The van der Waals surface area contributed by atoms with Crippen LogP contribution in [-0.2, 0) is 16.0 Å². The third-order valence-corrected chi connectivity index (χ3v) is 4.82. The Bertz CT molecular complexity index is 996. The average molecular weight is 458 g/mol. The van der Waals surface area contributed by atoms with Gasteiger partial charge in [-0.15, -0.1) is 0 Å². The van der Waals surface area contributed by atoms with Gasteiger partial charge < -0.3 is 25.7 Å². The summed E-state index contributed by atoms with van der Waals surface area (Å²) in [4.78, 5) is 26.0. The number of amidine groups is 1. The van der Waals surface area contributed by atoms with Crippen LogP contribution < -0.4 is 15.4 Å². The van der Waals surface area contributed by atoms with Crippen molar-refractivity contribution >= 4 is 40.6 Å². The van der Waals surface area contributed by atoms with Gasteiger partial charge in [0.05, 0.1) is 30.8 Å². The molecule has 8 nitrogen and oxygen atoms in total. The Labute approximate surface area is 192 Å². The molecule has 2 aromatic carbocycles. The first-order chi connectivity index (χ1) is 15.1. The third-order valence-electron chi connectivity index (χ3n) is 4.52. The summed E-state index contributed by atoms with van der Waals surface area (Å²) >= 11 is 6.34. The van der Waals surface area contributed by atoms with Crippen molar-refractivity contribution in [2.45, 2.75) is 19.8 Å². The maximum Gasteiger partial charge on any atom is 0.238 e. The first-order valence-electron chi connectivity index (χ1n) is 9.91. The number of hydrogen-bond acceptors (Lipinski definition) is 6. The number of hydrogen-bond donors (Lipinski definition) is 4. The summed E-state index contributed by atoms with van der Waals surface area (Å²) in [5, 5.41) is 21.9. The molecular formula is C23H28ClN5O3. The van der Waals surface area contributed by atoms with Gasteiger partial charge in [-0.1, -0.05) is 17.7 Å². The molecule has 170 valence electrons. The number of anilines is 1. The van der Waals surface area contributed by atoms with Crippen molar-refractivity contribution in [2.75, 3.05) is 33.1 Å². The Morgan fingerprint density at radius 3 is 2.31 bits per heavy atom. The van der Waals surface area contributed by atoms with Gasteiger partial charge in [-0.2, -0.15) is 0 Å². The topological polar surface area (TPSA) is 118 Å². The summed E-state index contributed by atoms with van der Waals surface area (Å²) in [6, 6.07) is 10.4. The van der Waals surface area contributed by atoms with Crippen LogP contribution in [0.1, 0.15) is 23.1 Å². The highest BCUT2D eigenvalue weighted by atomic mass is 35.5. The molecule has 0 unspecified atom stereocenters. The number of likely N-dealkylation sites (N-methyl/N-ethyl adjacent to an activating group) is 1. The van der Waals surface area contributed by atoms with Crippen molar-refractivity contribution in [3.63, 3.8) is 0 Å². The van der Waals surface area contributed by atoms with E-state index in [1.165, 1.54) is 0 Å². The molecule has 0 aliphatic rings. The van der Waals surface area contributed by atoms with Gasteiger partial charge in [-0.3, -0.25) is 15.0 Å². The molecule has 2 amide bonds. The van der Waals surface area contributed by atoms with E-state index in [4.69, 9.17) is 27.2 Å². The van der Waals surface area contributed by atoms with Crippen molar-refractivity contribution in [3.8, 4) is 5.75 Å². The van der Waals surface area contributed by atoms with Crippen LogP contribution in [0.4, 0.5) is 5.69 Å². The van der Waals surface area contributed by atoms with Crippen molar-refractivity contribution in [1.29, 1.82) is 10.8 Å². The molecule has 0 atom stereocenters. The fourth-order valence-corrected chi connectivity index (χ4v) is 3.39. The number of amides is 2. The first-order valence-corrected chi connectivity index (χ1v) is 10.3. The molecule has 0 spiro atoms. The maximum absolute atomic E-state index is 12.3. The van der Waals surface area contributed by atoms with Crippen LogP contribution in [0.2, 0.25) is 5.02 Å². The molecule has 0 fully saturated rings. The first kappa shape index (κ1) is 25.0. The van der Waals surface area contributed by atoms with Gasteiger partial charge in [-0.05, 0) is 68.0 Å². The van der Waals surface area contributed by atoms with Crippen molar-refractivity contribution in [3.05, 3.63) is 58.1 Å². The summed E-state index contributed by atoms with van der Waals surface area (Å²) in [6.07, 6.45) is 0.0133. The quantitative estimate of drug-likeness (QED) is 0.341. The molecule has 0 aliphatic carbocycles. The van der Waals surface area contributed by atoms with E-state index in [2.05, 4.69) is 10.6 Å². The molecule has 0 aliphatic heterocycles. The predicted molar refractivity (Wildman–Crippen MR) is 127 cm³/mol. The van der Waals surface area contributed by atoms with E-state index in [-0.39, 0.29) is 36.8 Å². The van der Waals surface area contributed by atoms with Crippen LogP contribution in [0.3, 0.4) is 0 Å². The minimum Gasteiger partial charge on any atom is -0.497 e. The SMILES string of the molecule is COc1ccc(C(=N)CC(=O)NC(=N)Cc2cc(C)c(NC(=O)CN(C)C)c(Cl)c2)cc1. The Balaban J connectivity index is 1.94. The van der Waals surface area contributed by atoms with Gasteiger partial charge in [0.2, 0.25) is 11.8 Å².